The van der Waals surface area contributed by atoms with E-state index in [1.807, 2.05) is 0 Å². The number of hydrogen-bond donors (Lipinski definition) is 2. The summed E-state index contributed by atoms with van der Waals surface area (Å²) in [6, 6.07) is -0.0230. The zero-order valence-electron chi connectivity index (χ0n) is 10.4. The lowest BCUT2D eigenvalue weighted by Crippen LogP contribution is -2.50. The maximum Gasteiger partial charge on any atom is 0.321 e. The average molecular weight is 241 g/mol. The first kappa shape index (κ1) is 12.8. The van der Waals surface area contributed by atoms with E-state index in [0.717, 1.165) is 32.3 Å². The van der Waals surface area contributed by atoms with E-state index in [1.54, 1.807) is 0 Å². The van der Waals surface area contributed by atoms with Crippen molar-refractivity contribution in [1.82, 2.24) is 5.32 Å². The fourth-order valence-corrected chi connectivity index (χ4v) is 2.96. The molecule has 2 aliphatic rings. The first-order valence-corrected chi connectivity index (χ1v) is 6.84. The Morgan fingerprint density at radius 3 is 2.53 bits per heavy atom. The summed E-state index contributed by atoms with van der Waals surface area (Å²) < 4.78 is 5.40. The molecule has 0 amide bonds. The van der Waals surface area contributed by atoms with Crippen LogP contribution in [0, 0.1) is 5.92 Å². The van der Waals surface area contributed by atoms with E-state index in [0.29, 0.717) is 12.6 Å². The molecule has 0 bridgehead atoms. The summed E-state index contributed by atoms with van der Waals surface area (Å²) in [5, 5.41) is 12.7. The lowest BCUT2D eigenvalue weighted by Gasteiger charge is -2.32. The number of carbonyl (C=O) groups is 1. The number of rotatable bonds is 4. The van der Waals surface area contributed by atoms with Crippen LogP contribution >= 0.6 is 0 Å². The number of carboxylic acids is 1. The second-order valence-corrected chi connectivity index (χ2v) is 5.29. The van der Waals surface area contributed by atoms with E-state index in [4.69, 9.17) is 4.74 Å². The Labute approximate surface area is 103 Å². The third-order valence-corrected chi connectivity index (χ3v) is 3.95. The molecule has 1 heterocycles. The molecule has 2 unspecified atom stereocenters. The van der Waals surface area contributed by atoms with Crippen molar-refractivity contribution in [3.05, 3.63) is 0 Å². The van der Waals surface area contributed by atoms with Crippen LogP contribution in [0.3, 0.4) is 0 Å². The van der Waals surface area contributed by atoms with Crippen molar-refractivity contribution in [3.8, 4) is 0 Å². The highest BCUT2D eigenvalue weighted by Gasteiger charge is 2.31. The lowest BCUT2D eigenvalue weighted by molar-refractivity contribution is -0.143. The van der Waals surface area contributed by atoms with Gasteiger partial charge in [0.2, 0.25) is 0 Å². The molecule has 17 heavy (non-hydrogen) atoms. The topological polar surface area (TPSA) is 58.6 Å². The van der Waals surface area contributed by atoms with E-state index >= 15 is 0 Å². The summed E-state index contributed by atoms with van der Waals surface area (Å²) in [5.41, 5.74) is 0. The van der Waals surface area contributed by atoms with Gasteiger partial charge in [0.15, 0.2) is 0 Å². The summed E-state index contributed by atoms with van der Waals surface area (Å²) in [5.74, 6) is -0.575. The molecule has 0 aromatic carbocycles. The Hall–Kier alpha value is -0.610. The Morgan fingerprint density at radius 2 is 1.94 bits per heavy atom. The van der Waals surface area contributed by atoms with Gasteiger partial charge in [-0.2, -0.15) is 0 Å². The molecule has 0 spiro atoms. The molecule has 2 atom stereocenters. The highest BCUT2D eigenvalue weighted by molar-refractivity contribution is 5.74. The van der Waals surface area contributed by atoms with Crippen molar-refractivity contribution in [3.63, 3.8) is 0 Å². The zero-order chi connectivity index (χ0) is 12.1. The number of aliphatic carboxylic acids is 1. The number of carboxylic acid groups (broad SMARTS) is 1. The Bertz CT molecular complexity index is 245. The van der Waals surface area contributed by atoms with Crippen LogP contribution in [0.15, 0.2) is 0 Å². The van der Waals surface area contributed by atoms with Gasteiger partial charge >= 0.3 is 5.97 Å². The van der Waals surface area contributed by atoms with E-state index in [1.165, 1.54) is 19.3 Å². The molecule has 98 valence electrons. The molecular formula is C13H23NO3. The quantitative estimate of drug-likeness (QED) is 0.788. The molecule has 1 aliphatic carbocycles. The molecule has 1 aliphatic heterocycles. The molecular weight excluding hydrogens is 218 g/mol. The van der Waals surface area contributed by atoms with Gasteiger partial charge in [0, 0.05) is 18.6 Å². The molecule has 1 saturated carbocycles. The SMILES string of the molecule is O=C(O)C(NC1CCCCC1)C1CCCOC1. The van der Waals surface area contributed by atoms with Crippen molar-refractivity contribution in [1.29, 1.82) is 0 Å². The van der Waals surface area contributed by atoms with Crippen LogP contribution in [0.1, 0.15) is 44.9 Å². The van der Waals surface area contributed by atoms with Crippen LogP contribution < -0.4 is 5.32 Å². The van der Waals surface area contributed by atoms with E-state index in [2.05, 4.69) is 5.32 Å². The first-order chi connectivity index (χ1) is 8.27. The molecule has 2 rings (SSSR count). The van der Waals surface area contributed by atoms with E-state index in [9.17, 15) is 9.90 Å². The predicted octanol–water partition coefficient (Wildman–Crippen LogP) is 1.79. The molecule has 0 aromatic rings. The Kier molecular flexibility index (Phi) is 4.80. The summed E-state index contributed by atoms with van der Waals surface area (Å²) >= 11 is 0. The van der Waals surface area contributed by atoms with Gasteiger partial charge in [-0.1, -0.05) is 19.3 Å². The smallest absolute Gasteiger partial charge is 0.321 e. The normalized spacial score (nSPS) is 28.8. The third kappa shape index (κ3) is 3.68. The predicted molar refractivity (Wildman–Crippen MR) is 65.0 cm³/mol. The van der Waals surface area contributed by atoms with Gasteiger partial charge in [-0.3, -0.25) is 4.79 Å². The summed E-state index contributed by atoms with van der Waals surface area (Å²) in [6.07, 6.45) is 7.95. The van der Waals surface area contributed by atoms with E-state index < -0.39 is 12.0 Å². The largest absolute Gasteiger partial charge is 0.480 e. The van der Waals surface area contributed by atoms with Gasteiger partial charge in [0.25, 0.3) is 0 Å². The van der Waals surface area contributed by atoms with E-state index in [-0.39, 0.29) is 5.92 Å². The molecule has 1 saturated heterocycles. The molecule has 0 aromatic heterocycles. The van der Waals surface area contributed by atoms with Crippen LogP contribution in [0.2, 0.25) is 0 Å². The van der Waals surface area contributed by atoms with Gasteiger partial charge < -0.3 is 15.2 Å². The van der Waals surface area contributed by atoms with Crippen molar-refractivity contribution >= 4 is 5.97 Å². The second-order valence-electron chi connectivity index (χ2n) is 5.29. The zero-order valence-corrected chi connectivity index (χ0v) is 10.4. The minimum Gasteiger partial charge on any atom is -0.480 e. The summed E-state index contributed by atoms with van der Waals surface area (Å²) in [4.78, 5) is 11.4. The summed E-state index contributed by atoms with van der Waals surface area (Å²) in [7, 11) is 0. The Morgan fingerprint density at radius 1 is 1.18 bits per heavy atom. The molecule has 4 nitrogen and oxygen atoms in total. The van der Waals surface area contributed by atoms with Crippen LogP contribution in [0.4, 0.5) is 0 Å². The lowest BCUT2D eigenvalue weighted by atomic mass is 9.90. The Balaban J connectivity index is 1.88. The van der Waals surface area contributed by atoms with Crippen molar-refractivity contribution < 1.29 is 14.6 Å². The standard InChI is InChI=1S/C13H23NO3/c15-13(16)12(10-5-4-8-17-9-10)14-11-6-2-1-3-7-11/h10-12,14H,1-9H2,(H,15,16). The maximum atomic E-state index is 11.4. The number of ether oxygens (including phenoxy) is 1. The molecule has 0 radical (unpaired) electrons. The monoisotopic (exact) mass is 241 g/mol. The summed E-state index contributed by atoms with van der Waals surface area (Å²) in [6.45, 7) is 1.38. The number of nitrogens with one attached hydrogen (secondary N) is 1. The van der Waals surface area contributed by atoms with Gasteiger partial charge in [-0.15, -0.1) is 0 Å². The van der Waals surface area contributed by atoms with Crippen LogP contribution in [-0.2, 0) is 9.53 Å². The fraction of sp³-hybridized carbons (Fsp3) is 0.923. The van der Waals surface area contributed by atoms with Gasteiger partial charge in [0.1, 0.15) is 6.04 Å². The van der Waals surface area contributed by atoms with Crippen molar-refractivity contribution in [2.24, 2.45) is 5.92 Å². The highest BCUT2D eigenvalue weighted by atomic mass is 16.5. The maximum absolute atomic E-state index is 11.4. The van der Waals surface area contributed by atoms with Crippen LogP contribution in [-0.4, -0.2) is 36.4 Å². The highest BCUT2D eigenvalue weighted by Crippen LogP contribution is 2.22. The molecule has 2 N–H and O–H groups in total. The average Bonchev–Trinajstić information content (AvgIpc) is 2.38. The molecule has 2 fully saturated rings. The first-order valence-electron chi connectivity index (χ1n) is 6.84. The second kappa shape index (κ2) is 6.36. The van der Waals surface area contributed by atoms with Gasteiger partial charge in [0.05, 0.1) is 6.61 Å². The van der Waals surface area contributed by atoms with Gasteiger partial charge in [-0.05, 0) is 25.7 Å². The minimum atomic E-state index is -0.717. The fourth-order valence-electron chi connectivity index (χ4n) is 2.96. The molecule has 4 heteroatoms. The van der Waals surface area contributed by atoms with Crippen LogP contribution in [0.25, 0.3) is 0 Å². The third-order valence-electron chi connectivity index (χ3n) is 3.95. The minimum absolute atomic E-state index is 0.142. The number of hydrogen-bond acceptors (Lipinski definition) is 3. The van der Waals surface area contributed by atoms with Crippen molar-refractivity contribution in [2.45, 2.75) is 57.0 Å². The van der Waals surface area contributed by atoms with Crippen molar-refractivity contribution in [2.75, 3.05) is 13.2 Å². The van der Waals surface area contributed by atoms with Crippen LogP contribution in [0.5, 0.6) is 0 Å². The van der Waals surface area contributed by atoms with Gasteiger partial charge in [-0.25, -0.2) is 0 Å².